The van der Waals surface area contributed by atoms with E-state index in [2.05, 4.69) is 173 Å². The van der Waals surface area contributed by atoms with Crippen LogP contribution in [0.25, 0.3) is 99.0 Å². The lowest BCUT2D eigenvalue weighted by molar-refractivity contribution is 1.01. The van der Waals surface area contributed by atoms with E-state index in [1.165, 1.54) is 54.1 Å². The molecule has 0 spiro atoms. The average molecular weight is 637 g/mol. The fourth-order valence-electron chi connectivity index (χ4n) is 8.05. The topological polar surface area (TPSA) is 35.6 Å². The first-order valence-electron chi connectivity index (χ1n) is 17.0. The Balaban J connectivity index is 1.25. The van der Waals surface area contributed by atoms with Crippen LogP contribution in [0.2, 0.25) is 0 Å². The summed E-state index contributed by atoms with van der Waals surface area (Å²) >= 11 is 0. The molecule has 0 radical (unpaired) electrons. The van der Waals surface area contributed by atoms with Crippen LogP contribution in [-0.2, 0) is 0 Å². The molecule has 0 amide bonds. The Hall–Kier alpha value is -6.78. The zero-order chi connectivity index (χ0) is 32.8. The van der Waals surface area contributed by atoms with Crippen molar-refractivity contribution in [3.05, 3.63) is 170 Å². The van der Waals surface area contributed by atoms with Crippen LogP contribution in [0.1, 0.15) is 0 Å². The van der Waals surface area contributed by atoms with Crippen molar-refractivity contribution in [1.82, 2.24) is 19.1 Å². The summed E-state index contributed by atoms with van der Waals surface area (Å²) in [5.41, 5.74) is 8.57. The Morgan fingerprint density at radius 2 is 1.02 bits per heavy atom. The Kier molecular flexibility index (Phi) is 5.63. The third-order valence-corrected chi connectivity index (χ3v) is 10.3. The quantitative estimate of drug-likeness (QED) is 0.193. The van der Waals surface area contributed by atoms with Gasteiger partial charge in [0.15, 0.2) is 0 Å². The second-order valence-corrected chi connectivity index (χ2v) is 13.0. The summed E-state index contributed by atoms with van der Waals surface area (Å²) in [6.45, 7) is 0. The van der Waals surface area contributed by atoms with E-state index in [0.29, 0.717) is 5.95 Å². The lowest BCUT2D eigenvalue weighted by Crippen LogP contribution is -2.03. The molecule has 4 nitrogen and oxygen atoms in total. The summed E-state index contributed by atoms with van der Waals surface area (Å²) in [6.07, 6.45) is 0. The maximum Gasteiger partial charge on any atom is 0.235 e. The second-order valence-electron chi connectivity index (χ2n) is 13.0. The van der Waals surface area contributed by atoms with E-state index in [-0.39, 0.29) is 0 Å². The summed E-state index contributed by atoms with van der Waals surface area (Å²) in [4.78, 5) is 10.5. The van der Waals surface area contributed by atoms with Gasteiger partial charge in [-0.2, -0.15) is 0 Å². The van der Waals surface area contributed by atoms with Gasteiger partial charge in [0.25, 0.3) is 0 Å². The summed E-state index contributed by atoms with van der Waals surface area (Å²) in [6, 6.07) is 60.8. The zero-order valence-corrected chi connectivity index (χ0v) is 27.0. The lowest BCUT2D eigenvalue weighted by atomic mass is 10.0. The maximum atomic E-state index is 5.32. The average Bonchev–Trinajstić information content (AvgIpc) is 3.69. The van der Waals surface area contributed by atoms with Gasteiger partial charge >= 0.3 is 0 Å². The van der Waals surface area contributed by atoms with Gasteiger partial charge in [0, 0.05) is 38.2 Å². The van der Waals surface area contributed by atoms with Crippen molar-refractivity contribution in [3.63, 3.8) is 0 Å². The number of nitrogens with zero attached hydrogens (tertiary/aromatic N) is 4. The van der Waals surface area contributed by atoms with E-state index in [4.69, 9.17) is 9.97 Å². The van der Waals surface area contributed by atoms with Crippen LogP contribution in [-0.4, -0.2) is 19.1 Å². The van der Waals surface area contributed by atoms with Crippen LogP contribution in [0.15, 0.2) is 170 Å². The molecule has 0 fully saturated rings. The van der Waals surface area contributed by atoms with E-state index >= 15 is 0 Å². The molecule has 0 unspecified atom stereocenters. The van der Waals surface area contributed by atoms with Crippen LogP contribution in [0, 0.1) is 0 Å². The molecular weight excluding hydrogens is 609 g/mol. The smallest absolute Gasteiger partial charge is 0.235 e. The highest BCUT2D eigenvalue weighted by Gasteiger charge is 2.21. The van der Waals surface area contributed by atoms with Gasteiger partial charge in [-0.3, -0.25) is 4.57 Å². The SMILES string of the molecule is c1ccc(-c2nc(-n3c4ccc(-n5c6ccccc6c6cc7ccccc7cc65)cc4c4c5ccccc5ccc43)nc3ccccc23)cc1. The molecule has 0 atom stereocenters. The van der Waals surface area contributed by atoms with Gasteiger partial charge < -0.3 is 4.57 Å². The third-order valence-electron chi connectivity index (χ3n) is 10.3. The normalized spacial score (nSPS) is 12.0. The molecule has 3 aromatic heterocycles. The second kappa shape index (κ2) is 10.4. The van der Waals surface area contributed by atoms with Crippen molar-refractivity contribution in [2.45, 2.75) is 0 Å². The third kappa shape index (κ3) is 3.87. The zero-order valence-electron chi connectivity index (χ0n) is 27.0. The molecule has 232 valence electrons. The minimum absolute atomic E-state index is 0.661. The molecule has 11 aromatic rings. The first kappa shape index (κ1) is 27.2. The van der Waals surface area contributed by atoms with E-state index in [1.54, 1.807) is 0 Å². The van der Waals surface area contributed by atoms with Gasteiger partial charge in [-0.25, -0.2) is 9.97 Å². The molecule has 0 aliphatic rings. The fraction of sp³-hybridized carbons (Fsp3) is 0. The number of fused-ring (bicyclic) bond motifs is 10. The predicted molar refractivity (Wildman–Crippen MR) is 209 cm³/mol. The van der Waals surface area contributed by atoms with E-state index in [1.807, 2.05) is 6.07 Å². The number of benzene rings is 8. The molecular formula is C46H28N4. The summed E-state index contributed by atoms with van der Waals surface area (Å²) in [5, 5.41) is 10.8. The van der Waals surface area contributed by atoms with Crippen LogP contribution >= 0.6 is 0 Å². The van der Waals surface area contributed by atoms with Gasteiger partial charge in [-0.05, 0) is 70.1 Å². The number of rotatable bonds is 3. The summed E-state index contributed by atoms with van der Waals surface area (Å²) < 4.78 is 4.67. The molecule has 4 heteroatoms. The van der Waals surface area contributed by atoms with Gasteiger partial charge in [0.2, 0.25) is 5.95 Å². The van der Waals surface area contributed by atoms with Crippen LogP contribution in [0.5, 0.6) is 0 Å². The molecule has 0 aliphatic carbocycles. The number of para-hydroxylation sites is 2. The first-order valence-corrected chi connectivity index (χ1v) is 17.0. The standard InChI is InChI=1S/C46H28N4/c1-2-13-30(14-3-1)45-36-19-8-10-20-39(36)47-46(48-45)50-41-25-23-33(28-38(41)44-34-17-7-6-12-29(34)22-24-42(44)50)49-40-21-11-9-18-35(40)37-26-31-15-4-5-16-32(31)27-43(37)49/h1-28H. The van der Waals surface area contributed by atoms with E-state index in [9.17, 15) is 0 Å². The Labute approximate surface area is 287 Å². The van der Waals surface area contributed by atoms with Crippen LogP contribution in [0.4, 0.5) is 0 Å². The Morgan fingerprint density at radius 1 is 0.360 bits per heavy atom. The lowest BCUT2D eigenvalue weighted by Gasteiger charge is -2.12. The molecule has 0 saturated heterocycles. The minimum Gasteiger partial charge on any atom is -0.309 e. The van der Waals surface area contributed by atoms with Crippen molar-refractivity contribution < 1.29 is 0 Å². The van der Waals surface area contributed by atoms with Crippen molar-refractivity contribution in [2.75, 3.05) is 0 Å². The van der Waals surface area contributed by atoms with Crippen molar-refractivity contribution in [3.8, 4) is 22.9 Å². The van der Waals surface area contributed by atoms with E-state index < -0.39 is 0 Å². The predicted octanol–water partition coefficient (Wildman–Crippen LogP) is 11.8. The highest BCUT2D eigenvalue weighted by Crippen LogP contribution is 2.40. The van der Waals surface area contributed by atoms with Crippen molar-refractivity contribution in [1.29, 1.82) is 0 Å². The van der Waals surface area contributed by atoms with E-state index in [0.717, 1.165) is 38.9 Å². The van der Waals surface area contributed by atoms with Gasteiger partial charge in [-0.15, -0.1) is 0 Å². The number of aromatic nitrogens is 4. The van der Waals surface area contributed by atoms with Crippen LogP contribution in [0.3, 0.4) is 0 Å². The molecule has 8 aromatic carbocycles. The highest BCUT2D eigenvalue weighted by molar-refractivity contribution is 6.22. The molecule has 0 aliphatic heterocycles. The summed E-state index contributed by atoms with van der Waals surface area (Å²) in [5.74, 6) is 0.661. The molecule has 0 bridgehead atoms. The first-order chi connectivity index (χ1) is 24.8. The highest BCUT2D eigenvalue weighted by atomic mass is 15.2. The van der Waals surface area contributed by atoms with Gasteiger partial charge in [0.1, 0.15) is 0 Å². The maximum absolute atomic E-state index is 5.32. The molecule has 0 N–H and O–H groups in total. The molecule has 0 saturated carbocycles. The number of hydrogen-bond donors (Lipinski definition) is 0. The monoisotopic (exact) mass is 636 g/mol. The fourth-order valence-corrected chi connectivity index (χ4v) is 8.05. The van der Waals surface area contributed by atoms with Crippen LogP contribution < -0.4 is 0 Å². The minimum atomic E-state index is 0.661. The molecule has 11 rings (SSSR count). The largest absolute Gasteiger partial charge is 0.309 e. The molecule has 50 heavy (non-hydrogen) atoms. The van der Waals surface area contributed by atoms with Crippen molar-refractivity contribution >= 4 is 76.1 Å². The molecule has 3 heterocycles. The Morgan fingerprint density at radius 3 is 1.88 bits per heavy atom. The van der Waals surface area contributed by atoms with Gasteiger partial charge in [0.05, 0.1) is 33.3 Å². The van der Waals surface area contributed by atoms with Crippen molar-refractivity contribution in [2.24, 2.45) is 0 Å². The number of hydrogen-bond acceptors (Lipinski definition) is 2. The summed E-state index contributed by atoms with van der Waals surface area (Å²) in [7, 11) is 0. The van der Waals surface area contributed by atoms with Gasteiger partial charge in [-0.1, -0.05) is 121 Å². The Bertz CT molecular complexity index is 3150.